The Bertz CT molecular complexity index is 859. The number of carbonyl (C=O) groups is 2. The number of ether oxygens (including phenoxy) is 2. The molecule has 0 atom stereocenters. The van der Waals surface area contributed by atoms with E-state index in [0.29, 0.717) is 23.7 Å². The molecule has 0 saturated heterocycles. The fourth-order valence-electron chi connectivity index (χ4n) is 2.43. The summed E-state index contributed by atoms with van der Waals surface area (Å²) in [7, 11) is 3.16. The predicted molar refractivity (Wildman–Crippen MR) is 110 cm³/mol. The lowest BCUT2D eigenvalue weighted by Crippen LogP contribution is -2.21. The Morgan fingerprint density at radius 1 is 1.07 bits per heavy atom. The van der Waals surface area contributed by atoms with Crippen molar-refractivity contribution >= 4 is 23.6 Å². The standard InChI is InChI=1S/C22H26N2O4/c1-15(2)22(26)24-18-7-5-6-16(12-18)14-23-21(25)11-8-17-13-19(27-3)9-10-20(17)28-4/h5-13,15H,14H2,1-4H3,(H,23,25)(H,24,26)/b11-8+. The van der Waals surface area contributed by atoms with Crippen LogP contribution >= 0.6 is 0 Å². The molecule has 0 unspecified atom stereocenters. The van der Waals surface area contributed by atoms with Crippen molar-refractivity contribution in [3.63, 3.8) is 0 Å². The van der Waals surface area contributed by atoms with Crippen molar-refractivity contribution < 1.29 is 19.1 Å². The van der Waals surface area contributed by atoms with E-state index in [2.05, 4.69) is 10.6 Å². The van der Waals surface area contributed by atoms with Gasteiger partial charge in [-0.25, -0.2) is 0 Å². The molecule has 0 radical (unpaired) electrons. The molecule has 28 heavy (non-hydrogen) atoms. The van der Waals surface area contributed by atoms with E-state index in [-0.39, 0.29) is 17.7 Å². The van der Waals surface area contributed by atoms with Crippen LogP contribution in [0, 0.1) is 5.92 Å². The Balaban J connectivity index is 1.97. The number of anilines is 1. The molecule has 0 fully saturated rings. The van der Waals surface area contributed by atoms with E-state index in [9.17, 15) is 9.59 Å². The van der Waals surface area contributed by atoms with Gasteiger partial charge in [-0.15, -0.1) is 0 Å². The fraction of sp³-hybridized carbons (Fsp3) is 0.273. The second kappa shape index (κ2) is 10.2. The molecule has 2 aromatic carbocycles. The quantitative estimate of drug-likeness (QED) is 0.684. The summed E-state index contributed by atoms with van der Waals surface area (Å²) in [5, 5.41) is 5.68. The Morgan fingerprint density at radius 2 is 1.86 bits per heavy atom. The largest absolute Gasteiger partial charge is 0.497 e. The molecule has 0 aliphatic carbocycles. The summed E-state index contributed by atoms with van der Waals surface area (Å²) in [5.74, 6) is 0.958. The molecule has 6 heteroatoms. The summed E-state index contributed by atoms with van der Waals surface area (Å²) < 4.78 is 10.5. The minimum Gasteiger partial charge on any atom is -0.497 e. The van der Waals surface area contributed by atoms with Gasteiger partial charge in [0.05, 0.1) is 14.2 Å². The molecule has 2 rings (SSSR count). The third-order valence-electron chi connectivity index (χ3n) is 4.04. The van der Waals surface area contributed by atoms with Crippen LogP contribution < -0.4 is 20.1 Å². The first-order valence-corrected chi connectivity index (χ1v) is 9.00. The third-order valence-corrected chi connectivity index (χ3v) is 4.04. The van der Waals surface area contributed by atoms with Crippen LogP contribution in [0.1, 0.15) is 25.0 Å². The highest BCUT2D eigenvalue weighted by molar-refractivity contribution is 5.93. The van der Waals surface area contributed by atoms with Crippen molar-refractivity contribution in [3.05, 3.63) is 59.7 Å². The molecule has 148 valence electrons. The minimum absolute atomic E-state index is 0.0450. The van der Waals surface area contributed by atoms with Crippen molar-refractivity contribution in [1.82, 2.24) is 5.32 Å². The number of hydrogen-bond acceptors (Lipinski definition) is 4. The Hall–Kier alpha value is -3.28. The highest BCUT2D eigenvalue weighted by Gasteiger charge is 2.07. The number of nitrogens with one attached hydrogen (secondary N) is 2. The average Bonchev–Trinajstić information content (AvgIpc) is 2.70. The van der Waals surface area contributed by atoms with Crippen molar-refractivity contribution in [3.8, 4) is 11.5 Å². The van der Waals surface area contributed by atoms with Crippen LogP contribution in [0.2, 0.25) is 0 Å². The van der Waals surface area contributed by atoms with Gasteiger partial charge in [0, 0.05) is 29.8 Å². The highest BCUT2D eigenvalue weighted by atomic mass is 16.5. The summed E-state index contributed by atoms with van der Waals surface area (Å²) in [6.45, 7) is 4.02. The van der Waals surface area contributed by atoms with Crippen molar-refractivity contribution in [2.45, 2.75) is 20.4 Å². The zero-order valence-electron chi connectivity index (χ0n) is 16.6. The van der Waals surface area contributed by atoms with Gasteiger partial charge in [-0.2, -0.15) is 0 Å². The van der Waals surface area contributed by atoms with Crippen LogP contribution in [0.15, 0.2) is 48.5 Å². The maximum Gasteiger partial charge on any atom is 0.244 e. The third kappa shape index (κ3) is 6.16. The lowest BCUT2D eigenvalue weighted by atomic mass is 10.1. The van der Waals surface area contributed by atoms with E-state index < -0.39 is 0 Å². The van der Waals surface area contributed by atoms with Gasteiger partial charge in [-0.3, -0.25) is 9.59 Å². The number of benzene rings is 2. The first-order valence-electron chi connectivity index (χ1n) is 9.00. The molecule has 0 heterocycles. The summed E-state index contributed by atoms with van der Waals surface area (Å²) in [6.07, 6.45) is 3.12. The van der Waals surface area contributed by atoms with Crippen molar-refractivity contribution in [2.24, 2.45) is 5.92 Å². The molecule has 0 saturated carbocycles. The van der Waals surface area contributed by atoms with E-state index in [1.165, 1.54) is 6.08 Å². The van der Waals surface area contributed by atoms with Crippen LogP contribution in [0.3, 0.4) is 0 Å². The van der Waals surface area contributed by atoms with Crippen molar-refractivity contribution in [2.75, 3.05) is 19.5 Å². The number of hydrogen-bond donors (Lipinski definition) is 2. The molecule has 6 nitrogen and oxygen atoms in total. The van der Waals surface area contributed by atoms with Crippen LogP contribution in [0.5, 0.6) is 11.5 Å². The Kier molecular flexibility index (Phi) is 7.63. The molecule has 0 spiro atoms. The monoisotopic (exact) mass is 382 g/mol. The van der Waals surface area contributed by atoms with Gasteiger partial charge in [-0.1, -0.05) is 26.0 Å². The molecular weight excluding hydrogens is 356 g/mol. The van der Waals surface area contributed by atoms with E-state index in [1.54, 1.807) is 38.5 Å². The SMILES string of the molecule is COc1ccc(OC)c(/C=C/C(=O)NCc2cccc(NC(=O)C(C)C)c2)c1. The number of methoxy groups -OCH3 is 2. The van der Waals surface area contributed by atoms with Crippen LogP contribution in [-0.2, 0) is 16.1 Å². The van der Waals surface area contributed by atoms with E-state index in [1.807, 2.05) is 38.1 Å². The molecule has 2 amide bonds. The summed E-state index contributed by atoms with van der Waals surface area (Å²) in [5.41, 5.74) is 2.35. The summed E-state index contributed by atoms with van der Waals surface area (Å²) >= 11 is 0. The highest BCUT2D eigenvalue weighted by Crippen LogP contribution is 2.25. The maximum atomic E-state index is 12.2. The first kappa shape index (κ1) is 21.0. The van der Waals surface area contributed by atoms with Gasteiger partial charge in [0.15, 0.2) is 0 Å². The maximum absolute atomic E-state index is 12.2. The topological polar surface area (TPSA) is 76.7 Å². The van der Waals surface area contributed by atoms with E-state index >= 15 is 0 Å². The number of carbonyl (C=O) groups excluding carboxylic acids is 2. The molecular formula is C22H26N2O4. The number of amides is 2. The van der Waals surface area contributed by atoms with Crippen molar-refractivity contribution in [1.29, 1.82) is 0 Å². The second-order valence-electron chi connectivity index (χ2n) is 6.50. The molecule has 0 aliphatic rings. The van der Waals surface area contributed by atoms with Crippen LogP contribution in [-0.4, -0.2) is 26.0 Å². The smallest absolute Gasteiger partial charge is 0.244 e. The number of rotatable bonds is 8. The molecule has 2 aromatic rings. The normalized spacial score (nSPS) is 10.8. The zero-order valence-corrected chi connectivity index (χ0v) is 16.6. The summed E-state index contributed by atoms with van der Waals surface area (Å²) in [6, 6.07) is 12.8. The van der Waals surface area contributed by atoms with Gasteiger partial charge >= 0.3 is 0 Å². The minimum atomic E-state index is -0.235. The molecule has 0 bridgehead atoms. The fourth-order valence-corrected chi connectivity index (χ4v) is 2.43. The molecule has 0 aliphatic heterocycles. The second-order valence-corrected chi connectivity index (χ2v) is 6.50. The average molecular weight is 382 g/mol. The zero-order chi connectivity index (χ0) is 20.5. The van der Waals surface area contributed by atoms with Crippen LogP contribution in [0.4, 0.5) is 5.69 Å². The van der Waals surface area contributed by atoms with Gasteiger partial charge < -0.3 is 20.1 Å². The lowest BCUT2D eigenvalue weighted by Gasteiger charge is -2.10. The molecule has 0 aromatic heterocycles. The van der Waals surface area contributed by atoms with Gasteiger partial charge in [0.2, 0.25) is 11.8 Å². The van der Waals surface area contributed by atoms with Gasteiger partial charge in [0.25, 0.3) is 0 Å². The van der Waals surface area contributed by atoms with Crippen LogP contribution in [0.25, 0.3) is 6.08 Å². The van der Waals surface area contributed by atoms with E-state index in [4.69, 9.17) is 9.47 Å². The lowest BCUT2D eigenvalue weighted by molar-refractivity contribution is -0.119. The Labute approximate surface area is 165 Å². The predicted octanol–water partition coefficient (Wildman–Crippen LogP) is 3.63. The van der Waals surface area contributed by atoms with Gasteiger partial charge in [0.1, 0.15) is 11.5 Å². The molecule has 2 N–H and O–H groups in total. The van der Waals surface area contributed by atoms with Gasteiger partial charge in [-0.05, 0) is 42.0 Å². The summed E-state index contributed by atoms with van der Waals surface area (Å²) in [4.78, 5) is 24.0. The Morgan fingerprint density at radius 3 is 2.54 bits per heavy atom. The first-order chi connectivity index (χ1) is 13.4. The van der Waals surface area contributed by atoms with E-state index in [0.717, 1.165) is 11.1 Å².